The lowest BCUT2D eigenvalue weighted by Gasteiger charge is -2.20. The lowest BCUT2D eigenvalue weighted by atomic mass is 10.1. The van der Waals surface area contributed by atoms with E-state index in [0.29, 0.717) is 5.92 Å². The van der Waals surface area contributed by atoms with Crippen molar-refractivity contribution in [2.45, 2.75) is 39.8 Å². The van der Waals surface area contributed by atoms with Gasteiger partial charge in [0.25, 0.3) is 0 Å². The summed E-state index contributed by atoms with van der Waals surface area (Å²) in [4.78, 5) is 0. The summed E-state index contributed by atoms with van der Waals surface area (Å²) in [6, 6.07) is 8.27. The molecule has 0 aromatic heterocycles. The third kappa shape index (κ3) is 5.07. The Morgan fingerprint density at radius 3 is 2.39 bits per heavy atom. The summed E-state index contributed by atoms with van der Waals surface area (Å²) >= 11 is 0. The number of aliphatic hydroxyl groups excluding tert-OH is 1. The molecule has 0 aliphatic carbocycles. The van der Waals surface area contributed by atoms with E-state index in [0.717, 1.165) is 25.3 Å². The monoisotopic (exact) mass is 251 g/mol. The molecule has 18 heavy (non-hydrogen) atoms. The highest BCUT2D eigenvalue weighted by Gasteiger charge is 2.10. The minimum Gasteiger partial charge on any atom is -0.494 e. The van der Waals surface area contributed by atoms with Crippen molar-refractivity contribution in [2.75, 3.05) is 13.2 Å². The van der Waals surface area contributed by atoms with Crippen LogP contribution in [0.4, 0.5) is 0 Å². The van der Waals surface area contributed by atoms with E-state index in [1.807, 2.05) is 12.1 Å². The molecule has 0 bridgehead atoms. The van der Waals surface area contributed by atoms with Crippen LogP contribution in [0.15, 0.2) is 24.3 Å². The van der Waals surface area contributed by atoms with Gasteiger partial charge in [0.2, 0.25) is 0 Å². The van der Waals surface area contributed by atoms with E-state index in [2.05, 4.69) is 38.2 Å². The molecule has 0 amide bonds. The van der Waals surface area contributed by atoms with Gasteiger partial charge in [-0.25, -0.2) is 0 Å². The van der Waals surface area contributed by atoms with Crippen molar-refractivity contribution in [2.24, 2.45) is 5.92 Å². The second-order valence-electron chi connectivity index (χ2n) is 4.91. The van der Waals surface area contributed by atoms with E-state index in [1.165, 1.54) is 5.56 Å². The first-order valence-electron chi connectivity index (χ1n) is 6.73. The fraction of sp³-hybridized carbons (Fsp3) is 0.600. The van der Waals surface area contributed by atoms with Crippen LogP contribution in [0.25, 0.3) is 0 Å². The summed E-state index contributed by atoms with van der Waals surface area (Å²) in [5, 5.41) is 12.6. The van der Waals surface area contributed by atoms with Crippen LogP contribution in [0.3, 0.4) is 0 Å². The molecule has 2 N–H and O–H groups in total. The maximum atomic E-state index is 9.23. The Bertz CT molecular complexity index is 322. The van der Waals surface area contributed by atoms with Gasteiger partial charge in [-0.1, -0.05) is 32.9 Å². The molecule has 0 fully saturated rings. The van der Waals surface area contributed by atoms with Crippen molar-refractivity contribution in [1.29, 1.82) is 0 Å². The topological polar surface area (TPSA) is 41.5 Å². The molecule has 0 radical (unpaired) electrons. The highest BCUT2D eigenvalue weighted by molar-refractivity contribution is 5.27. The van der Waals surface area contributed by atoms with Gasteiger partial charge in [0, 0.05) is 12.6 Å². The van der Waals surface area contributed by atoms with E-state index in [9.17, 15) is 5.11 Å². The Kier molecular flexibility index (Phi) is 6.76. The number of aliphatic hydroxyl groups is 1. The summed E-state index contributed by atoms with van der Waals surface area (Å²) in [5.41, 5.74) is 1.21. The zero-order valence-electron chi connectivity index (χ0n) is 11.6. The Morgan fingerprint density at radius 2 is 1.89 bits per heavy atom. The van der Waals surface area contributed by atoms with Crippen LogP contribution in [0, 0.1) is 5.92 Å². The first-order valence-corrected chi connectivity index (χ1v) is 6.73. The molecule has 1 rings (SSSR count). The molecule has 1 unspecified atom stereocenters. The molecule has 3 nitrogen and oxygen atoms in total. The van der Waals surface area contributed by atoms with Gasteiger partial charge in [-0.15, -0.1) is 0 Å². The first-order chi connectivity index (χ1) is 8.67. The SMILES string of the molecule is CCCOc1ccc(CNC(CO)C(C)C)cc1. The molecular formula is C15H25NO2. The maximum absolute atomic E-state index is 9.23. The molecule has 0 aliphatic rings. The third-order valence-corrected chi connectivity index (χ3v) is 2.97. The Hall–Kier alpha value is -1.06. The Labute approximate surface area is 110 Å². The van der Waals surface area contributed by atoms with Crippen LogP contribution in [-0.2, 0) is 6.54 Å². The fourth-order valence-electron chi connectivity index (χ4n) is 1.68. The lowest BCUT2D eigenvalue weighted by molar-refractivity contribution is 0.210. The predicted molar refractivity (Wildman–Crippen MR) is 74.8 cm³/mol. The van der Waals surface area contributed by atoms with Crippen molar-refractivity contribution in [1.82, 2.24) is 5.32 Å². The zero-order valence-corrected chi connectivity index (χ0v) is 11.6. The Balaban J connectivity index is 2.43. The normalized spacial score (nSPS) is 12.7. The minimum absolute atomic E-state index is 0.154. The van der Waals surface area contributed by atoms with Crippen molar-refractivity contribution < 1.29 is 9.84 Å². The predicted octanol–water partition coefficient (Wildman–Crippen LogP) is 2.58. The minimum atomic E-state index is 0.154. The molecule has 0 aliphatic heterocycles. The van der Waals surface area contributed by atoms with Crippen molar-refractivity contribution in [3.63, 3.8) is 0 Å². The van der Waals surface area contributed by atoms with E-state index in [4.69, 9.17) is 4.74 Å². The molecule has 3 heteroatoms. The first kappa shape index (κ1) is 15.0. The summed E-state index contributed by atoms with van der Waals surface area (Å²) in [6.45, 7) is 8.02. The summed E-state index contributed by atoms with van der Waals surface area (Å²) in [7, 11) is 0. The number of hydrogen-bond acceptors (Lipinski definition) is 3. The van der Waals surface area contributed by atoms with Crippen molar-refractivity contribution in [3.05, 3.63) is 29.8 Å². The lowest BCUT2D eigenvalue weighted by Crippen LogP contribution is -2.36. The van der Waals surface area contributed by atoms with Gasteiger partial charge < -0.3 is 15.2 Å². The highest BCUT2D eigenvalue weighted by atomic mass is 16.5. The van der Waals surface area contributed by atoms with E-state index in [-0.39, 0.29) is 12.6 Å². The zero-order chi connectivity index (χ0) is 13.4. The van der Waals surface area contributed by atoms with Crippen LogP contribution in [0.5, 0.6) is 5.75 Å². The van der Waals surface area contributed by atoms with Gasteiger partial charge in [0.1, 0.15) is 5.75 Å². The van der Waals surface area contributed by atoms with Gasteiger partial charge >= 0.3 is 0 Å². The highest BCUT2D eigenvalue weighted by Crippen LogP contribution is 2.13. The fourth-order valence-corrected chi connectivity index (χ4v) is 1.68. The summed E-state index contributed by atoms with van der Waals surface area (Å²) < 4.78 is 5.53. The largest absolute Gasteiger partial charge is 0.494 e. The second-order valence-corrected chi connectivity index (χ2v) is 4.91. The molecular weight excluding hydrogens is 226 g/mol. The van der Waals surface area contributed by atoms with Crippen LogP contribution >= 0.6 is 0 Å². The number of benzene rings is 1. The maximum Gasteiger partial charge on any atom is 0.119 e. The van der Waals surface area contributed by atoms with Crippen LogP contribution < -0.4 is 10.1 Å². The molecule has 102 valence electrons. The molecule has 1 aromatic carbocycles. The third-order valence-electron chi connectivity index (χ3n) is 2.97. The molecule has 1 atom stereocenters. The molecule has 0 saturated heterocycles. The van der Waals surface area contributed by atoms with E-state index in [1.54, 1.807) is 0 Å². The number of ether oxygens (including phenoxy) is 1. The smallest absolute Gasteiger partial charge is 0.119 e. The molecule has 0 spiro atoms. The van der Waals surface area contributed by atoms with Crippen molar-refractivity contribution >= 4 is 0 Å². The number of hydrogen-bond donors (Lipinski definition) is 2. The summed E-state index contributed by atoms with van der Waals surface area (Å²) in [6.07, 6.45) is 1.02. The van der Waals surface area contributed by atoms with Crippen LogP contribution in [0.1, 0.15) is 32.8 Å². The standard InChI is InChI=1S/C15H25NO2/c1-4-9-18-14-7-5-13(6-8-14)10-16-15(11-17)12(2)3/h5-8,12,15-17H,4,9-11H2,1-3H3. The van der Waals surface area contributed by atoms with Crippen LogP contribution in [0.2, 0.25) is 0 Å². The molecule has 0 heterocycles. The van der Waals surface area contributed by atoms with Gasteiger partial charge in [0.15, 0.2) is 0 Å². The van der Waals surface area contributed by atoms with E-state index >= 15 is 0 Å². The van der Waals surface area contributed by atoms with Gasteiger partial charge in [-0.05, 0) is 30.0 Å². The quantitative estimate of drug-likeness (QED) is 0.746. The van der Waals surface area contributed by atoms with Gasteiger partial charge in [0.05, 0.1) is 13.2 Å². The number of nitrogens with one attached hydrogen (secondary N) is 1. The second kappa shape index (κ2) is 8.11. The van der Waals surface area contributed by atoms with E-state index < -0.39 is 0 Å². The number of rotatable bonds is 8. The summed E-state index contributed by atoms with van der Waals surface area (Å²) in [5.74, 6) is 1.35. The van der Waals surface area contributed by atoms with Crippen LogP contribution in [-0.4, -0.2) is 24.4 Å². The van der Waals surface area contributed by atoms with Gasteiger partial charge in [-0.3, -0.25) is 0 Å². The Morgan fingerprint density at radius 1 is 1.22 bits per heavy atom. The molecule has 0 saturated carbocycles. The van der Waals surface area contributed by atoms with Gasteiger partial charge in [-0.2, -0.15) is 0 Å². The van der Waals surface area contributed by atoms with Crippen molar-refractivity contribution in [3.8, 4) is 5.75 Å². The molecule has 1 aromatic rings. The average Bonchev–Trinajstić information content (AvgIpc) is 2.38. The average molecular weight is 251 g/mol.